The summed E-state index contributed by atoms with van der Waals surface area (Å²) in [5, 5.41) is 10.2. The smallest absolute Gasteiger partial charge is 0.336 e. The molecule has 128 valence electrons. The first-order valence-electron chi connectivity index (χ1n) is 7.39. The molecule has 0 amide bonds. The molecule has 1 aromatic carbocycles. The first-order chi connectivity index (χ1) is 11.3. The lowest BCUT2D eigenvalue weighted by Crippen LogP contribution is -2.35. The van der Waals surface area contributed by atoms with Gasteiger partial charge in [-0.3, -0.25) is 9.79 Å². The van der Waals surface area contributed by atoms with Crippen LogP contribution >= 0.6 is 23.2 Å². The molecule has 1 aliphatic rings. The third kappa shape index (κ3) is 3.32. The number of aliphatic imine (C=N–C) groups is 1. The number of allylic oxidation sites excluding steroid dienone is 1. The fourth-order valence-corrected chi connectivity index (χ4v) is 3.35. The molecule has 0 radical (unpaired) electrons. The Morgan fingerprint density at radius 1 is 1.29 bits per heavy atom. The molecule has 0 bridgehead atoms. The molecule has 1 aromatic rings. The van der Waals surface area contributed by atoms with Crippen molar-refractivity contribution < 1.29 is 19.4 Å². The summed E-state index contributed by atoms with van der Waals surface area (Å²) in [5.74, 6) is -3.53. The Morgan fingerprint density at radius 3 is 2.54 bits per heavy atom. The lowest BCUT2D eigenvalue weighted by atomic mass is 9.75. The number of carbonyl (C=O) groups is 2. The first kappa shape index (κ1) is 18.5. The number of carbonyl (C=O) groups excluding carboxylic acids is 1. The zero-order valence-electron chi connectivity index (χ0n) is 13.5. The average molecular weight is 370 g/mol. The van der Waals surface area contributed by atoms with Gasteiger partial charge in [-0.1, -0.05) is 35.3 Å². The number of benzene rings is 1. The number of aliphatic carboxylic acids is 1. The highest BCUT2D eigenvalue weighted by Crippen LogP contribution is 2.43. The van der Waals surface area contributed by atoms with E-state index in [0.29, 0.717) is 22.0 Å². The number of carboxylic acid groups (broad SMARTS) is 1. The quantitative estimate of drug-likeness (QED) is 0.810. The van der Waals surface area contributed by atoms with Gasteiger partial charge in [0.2, 0.25) is 0 Å². The molecule has 1 aliphatic heterocycles. The maximum Gasteiger partial charge on any atom is 0.336 e. The van der Waals surface area contributed by atoms with Gasteiger partial charge in [0.15, 0.2) is 0 Å². The molecule has 1 heterocycles. The summed E-state index contributed by atoms with van der Waals surface area (Å²) in [6.07, 6.45) is 0. The van der Waals surface area contributed by atoms with Crippen LogP contribution in [0.3, 0.4) is 0 Å². The van der Waals surface area contributed by atoms with E-state index in [4.69, 9.17) is 27.9 Å². The predicted molar refractivity (Wildman–Crippen MR) is 92.8 cm³/mol. The van der Waals surface area contributed by atoms with Crippen LogP contribution in [0.5, 0.6) is 0 Å². The van der Waals surface area contributed by atoms with Gasteiger partial charge in [-0.05, 0) is 32.4 Å². The largest absolute Gasteiger partial charge is 0.481 e. The highest BCUT2D eigenvalue weighted by atomic mass is 35.5. The number of nitrogens with zero attached hydrogens (tertiary/aromatic N) is 1. The Bertz CT molecular complexity index is 755. The van der Waals surface area contributed by atoms with E-state index in [-0.39, 0.29) is 17.2 Å². The zero-order valence-corrected chi connectivity index (χ0v) is 15.0. The van der Waals surface area contributed by atoms with Gasteiger partial charge < -0.3 is 9.84 Å². The van der Waals surface area contributed by atoms with E-state index < -0.39 is 23.8 Å². The maximum atomic E-state index is 12.4. The van der Waals surface area contributed by atoms with E-state index >= 15 is 0 Å². The summed E-state index contributed by atoms with van der Waals surface area (Å²) in [6.45, 7) is 5.13. The molecular weight excluding hydrogens is 353 g/mol. The average Bonchev–Trinajstić information content (AvgIpc) is 2.49. The van der Waals surface area contributed by atoms with Crippen molar-refractivity contribution in [1.82, 2.24) is 0 Å². The van der Waals surface area contributed by atoms with Crippen LogP contribution < -0.4 is 0 Å². The van der Waals surface area contributed by atoms with Gasteiger partial charge in [-0.25, -0.2) is 4.79 Å². The Morgan fingerprint density at radius 2 is 1.96 bits per heavy atom. The van der Waals surface area contributed by atoms with Gasteiger partial charge >= 0.3 is 11.9 Å². The van der Waals surface area contributed by atoms with Crippen LogP contribution in [-0.2, 0) is 14.3 Å². The molecule has 0 saturated heterocycles. The summed E-state index contributed by atoms with van der Waals surface area (Å²) >= 11 is 12.4. The van der Waals surface area contributed by atoms with Crippen molar-refractivity contribution in [2.75, 3.05) is 6.61 Å². The lowest BCUT2D eigenvalue weighted by Gasteiger charge is -2.31. The number of ether oxygens (including phenoxy) is 1. The molecule has 2 atom stereocenters. The summed E-state index contributed by atoms with van der Waals surface area (Å²) in [5.41, 5.74) is 1.48. The molecule has 2 unspecified atom stereocenters. The number of carboxylic acids is 1. The monoisotopic (exact) mass is 369 g/mol. The van der Waals surface area contributed by atoms with Crippen molar-refractivity contribution in [3.05, 3.63) is 45.1 Å². The standard InChI is InChI=1S/C17H17Cl2NO4/c1-4-24-17(23)13-9(3)20-8(2)12(16(21)22)14(13)10-6-5-7-11(18)15(10)19/h5-7,12,14H,4H2,1-3H3,(H,21,22). The Hall–Kier alpha value is -1.85. The number of rotatable bonds is 4. The fraction of sp³-hybridized carbons (Fsp3) is 0.353. The van der Waals surface area contributed by atoms with Crippen molar-refractivity contribution in [2.45, 2.75) is 26.7 Å². The minimum Gasteiger partial charge on any atom is -0.481 e. The molecule has 1 N–H and O–H groups in total. The van der Waals surface area contributed by atoms with Crippen molar-refractivity contribution in [3.8, 4) is 0 Å². The lowest BCUT2D eigenvalue weighted by molar-refractivity contribution is -0.141. The topological polar surface area (TPSA) is 76.0 Å². The van der Waals surface area contributed by atoms with E-state index in [9.17, 15) is 14.7 Å². The molecule has 5 nitrogen and oxygen atoms in total. The van der Waals surface area contributed by atoms with Crippen LogP contribution in [0.2, 0.25) is 10.0 Å². The van der Waals surface area contributed by atoms with Gasteiger partial charge in [0.05, 0.1) is 22.2 Å². The van der Waals surface area contributed by atoms with Crippen molar-refractivity contribution in [2.24, 2.45) is 10.9 Å². The summed E-state index contributed by atoms with van der Waals surface area (Å²) in [7, 11) is 0. The normalized spacial score (nSPS) is 20.6. The van der Waals surface area contributed by atoms with Crippen LogP contribution in [0.4, 0.5) is 0 Å². The predicted octanol–water partition coefficient (Wildman–Crippen LogP) is 4.09. The van der Waals surface area contributed by atoms with Gasteiger partial charge in [0.1, 0.15) is 5.92 Å². The van der Waals surface area contributed by atoms with Crippen molar-refractivity contribution in [3.63, 3.8) is 0 Å². The fourth-order valence-electron chi connectivity index (χ4n) is 2.93. The Kier molecular flexibility index (Phi) is 5.67. The molecule has 0 fully saturated rings. The molecule has 0 aromatic heterocycles. The third-order valence-corrected chi connectivity index (χ3v) is 4.74. The number of esters is 1. The highest BCUT2D eigenvalue weighted by molar-refractivity contribution is 6.42. The van der Waals surface area contributed by atoms with Crippen molar-refractivity contribution >= 4 is 40.9 Å². The second kappa shape index (κ2) is 7.36. The molecule has 0 aliphatic carbocycles. The van der Waals surface area contributed by atoms with Crippen LogP contribution in [0.15, 0.2) is 34.5 Å². The van der Waals surface area contributed by atoms with E-state index in [1.807, 2.05) is 0 Å². The first-order valence-corrected chi connectivity index (χ1v) is 8.14. The molecular formula is C17H17Cl2NO4. The number of hydrogen-bond acceptors (Lipinski definition) is 4. The van der Waals surface area contributed by atoms with E-state index in [2.05, 4.69) is 4.99 Å². The zero-order chi connectivity index (χ0) is 18.0. The molecule has 0 saturated carbocycles. The minimum absolute atomic E-state index is 0.173. The maximum absolute atomic E-state index is 12.4. The van der Waals surface area contributed by atoms with Crippen LogP contribution in [0.25, 0.3) is 0 Å². The van der Waals surface area contributed by atoms with Crippen molar-refractivity contribution in [1.29, 1.82) is 0 Å². The van der Waals surface area contributed by atoms with Crippen LogP contribution in [0, 0.1) is 5.92 Å². The molecule has 7 heteroatoms. The highest BCUT2D eigenvalue weighted by Gasteiger charge is 2.42. The SMILES string of the molecule is CCOC(=O)C1=C(C)N=C(C)C(C(=O)O)C1c1cccc(Cl)c1Cl. The molecule has 0 spiro atoms. The van der Waals surface area contributed by atoms with Gasteiger partial charge in [-0.15, -0.1) is 0 Å². The van der Waals surface area contributed by atoms with E-state index in [1.165, 1.54) is 0 Å². The molecule has 2 rings (SSSR count). The second-order valence-electron chi connectivity index (χ2n) is 5.41. The summed E-state index contributed by atoms with van der Waals surface area (Å²) in [6, 6.07) is 4.94. The van der Waals surface area contributed by atoms with Gasteiger partial charge in [-0.2, -0.15) is 0 Å². The van der Waals surface area contributed by atoms with Gasteiger partial charge in [0, 0.05) is 17.3 Å². The van der Waals surface area contributed by atoms with E-state index in [0.717, 1.165) is 0 Å². The summed E-state index contributed by atoms with van der Waals surface area (Å²) < 4.78 is 5.10. The second-order valence-corrected chi connectivity index (χ2v) is 6.19. The van der Waals surface area contributed by atoms with Crippen LogP contribution in [0.1, 0.15) is 32.3 Å². The Labute approximate surface area is 149 Å². The minimum atomic E-state index is -1.09. The van der Waals surface area contributed by atoms with Crippen LogP contribution in [-0.4, -0.2) is 29.4 Å². The number of hydrogen-bond donors (Lipinski definition) is 1. The third-order valence-electron chi connectivity index (χ3n) is 3.91. The van der Waals surface area contributed by atoms with E-state index in [1.54, 1.807) is 39.0 Å². The molecule has 24 heavy (non-hydrogen) atoms. The van der Waals surface area contributed by atoms with Gasteiger partial charge in [0.25, 0.3) is 0 Å². The Balaban J connectivity index is 2.72. The summed E-state index contributed by atoms with van der Waals surface area (Å²) in [4.78, 5) is 28.5. The number of halogens is 2.